The van der Waals surface area contributed by atoms with Crippen LogP contribution in [-0.4, -0.2) is 32.5 Å². The predicted octanol–water partition coefficient (Wildman–Crippen LogP) is 0.139. The first-order chi connectivity index (χ1) is 4.84. The average molecular weight is 145 g/mol. The van der Waals surface area contributed by atoms with Gasteiger partial charge in [0.15, 0.2) is 0 Å². The van der Waals surface area contributed by atoms with Gasteiger partial charge in [0.2, 0.25) is 0 Å². The molecule has 0 aliphatic carbocycles. The van der Waals surface area contributed by atoms with Crippen molar-refractivity contribution in [1.82, 2.24) is 0 Å². The Balaban J connectivity index is 2.25. The van der Waals surface area contributed by atoms with Gasteiger partial charge in [-0.05, 0) is 12.8 Å². The average Bonchev–Trinajstić information content (AvgIpc) is 1.94. The van der Waals surface area contributed by atoms with Crippen molar-refractivity contribution in [3.63, 3.8) is 0 Å². The van der Waals surface area contributed by atoms with E-state index in [1.165, 1.54) is 0 Å². The largest absolute Gasteiger partial charge is 0.382 e. The second kappa shape index (κ2) is 3.91. The molecule has 2 atom stereocenters. The van der Waals surface area contributed by atoms with E-state index >= 15 is 0 Å². The van der Waals surface area contributed by atoms with Crippen molar-refractivity contribution in [3.05, 3.63) is 0 Å². The molecule has 1 saturated heterocycles. The van der Waals surface area contributed by atoms with Crippen molar-refractivity contribution in [1.29, 1.82) is 0 Å². The first-order valence-corrected chi connectivity index (χ1v) is 3.70. The fourth-order valence-electron chi connectivity index (χ4n) is 1.20. The van der Waals surface area contributed by atoms with Crippen molar-refractivity contribution in [3.8, 4) is 0 Å². The molecule has 10 heavy (non-hydrogen) atoms. The van der Waals surface area contributed by atoms with Gasteiger partial charge in [0.05, 0.1) is 12.7 Å². The molecule has 1 heterocycles. The van der Waals surface area contributed by atoms with Gasteiger partial charge in [-0.3, -0.25) is 0 Å². The van der Waals surface area contributed by atoms with Gasteiger partial charge in [-0.1, -0.05) is 0 Å². The van der Waals surface area contributed by atoms with E-state index in [9.17, 15) is 0 Å². The second-order valence-corrected chi connectivity index (χ2v) is 2.67. The summed E-state index contributed by atoms with van der Waals surface area (Å²) in [6.07, 6.45) is 2.27. The zero-order chi connectivity index (χ0) is 7.40. The number of ether oxygens (including phenoxy) is 2. The Bertz CT molecular complexity index is 95.6. The number of hydrogen-bond acceptors (Lipinski definition) is 3. The molecule has 0 bridgehead atoms. The lowest BCUT2D eigenvalue weighted by molar-refractivity contribution is -0.0406. The maximum absolute atomic E-state index is 5.76. The molecule has 2 N–H and O–H groups in total. The van der Waals surface area contributed by atoms with Gasteiger partial charge in [0.1, 0.15) is 0 Å². The maximum atomic E-state index is 5.76. The van der Waals surface area contributed by atoms with Crippen LogP contribution in [-0.2, 0) is 9.47 Å². The summed E-state index contributed by atoms with van der Waals surface area (Å²) in [6, 6.07) is 0.175. The molecule has 1 fully saturated rings. The Hall–Kier alpha value is -0.120. The summed E-state index contributed by atoms with van der Waals surface area (Å²) in [5, 5.41) is 0. The van der Waals surface area contributed by atoms with E-state index in [2.05, 4.69) is 0 Å². The highest BCUT2D eigenvalue weighted by molar-refractivity contribution is 4.76. The quantitative estimate of drug-likeness (QED) is 0.601. The molecule has 0 saturated carbocycles. The molecule has 1 aliphatic rings. The fraction of sp³-hybridized carbons (Fsp3) is 1.00. The Kier molecular flexibility index (Phi) is 3.12. The third-order valence-corrected chi connectivity index (χ3v) is 1.82. The van der Waals surface area contributed by atoms with Gasteiger partial charge >= 0.3 is 0 Å². The highest BCUT2D eigenvalue weighted by Crippen LogP contribution is 2.11. The first-order valence-electron chi connectivity index (χ1n) is 3.70. The summed E-state index contributed by atoms with van der Waals surface area (Å²) < 4.78 is 10.3. The van der Waals surface area contributed by atoms with Crippen LogP contribution in [0.25, 0.3) is 0 Å². The summed E-state index contributed by atoms with van der Waals surface area (Å²) in [5.41, 5.74) is 5.76. The molecule has 0 aromatic rings. The third kappa shape index (κ3) is 1.94. The lowest BCUT2D eigenvalue weighted by atomic mass is 10.0. The number of nitrogens with two attached hydrogens (primary N) is 1. The van der Waals surface area contributed by atoms with E-state index in [1.54, 1.807) is 7.11 Å². The molecule has 0 aromatic heterocycles. The van der Waals surface area contributed by atoms with Crippen molar-refractivity contribution in [2.24, 2.45) is 5.73 Å². The van der Waals surface area contributed by atoms with E-state index in [4.69, 9.17) is 15.2 Å². The Morgan fingerprint density at radius 2 is 2.50 bits per heavy atom. The van der Waals surface area contributed by atoms with Gasteiger partial charge in [0, 0.05) is 19.8 Å². The van der Waals surface area contributed by atoms with E-state index in [1.807, 2.05) is 0 Å². The summed E-state index contributed by atoms with van der Waals surface area (Å²) in [6.45, 7) is 1.46. The SMILES string of the molecule is COC[C@H]1OCCC[C@H]1N. The second-order valence-electron chi connectivity index (χ2n) is 2.67. The van der Waals surface area contributed by atoms with E-state index in [0.717, 1.165) is 19.4 Å². The number of rotatable bonds is 2. The topological polar surface area (TPSA) is 44.5 Å². The fourth-order valence-corrected chi connectivity index (χ4v) is 1.20. The summed E-state index contributed by atoms with van der Waals surface area (Å²) >= 11 is 0. The van der Waals surface area contributed by atoms with Crippen LogP contribution in [0, 0.1) is 0 Å². The molecule has 60 valence electrons. The van der Waals surface area contributed by atoms with Crippen LogP contribution in [0.5, 0.6) is 0 Å². The Morgan fingerprint density at radius 1 is 1.70 bits per heavy atom. The van der Waals surface area contributed by atoms with Crippen molar-refractivity contribution < 1.29 is 9.47 Å². The van der Waals surface area contributed by atoms with E-state index in [-0.39, 0.29) is 12.1 Å². The molecule has 0 unspecified atom stereocenters. The van der Waals surface area contributed by atoms with Crippen LogP contribution >= 0.6 is 0 Å². The van der Waals surface area contributed by atoms with Crippen LogP contribution in [0.4, 0.5) is 0 Å². The first kappa shape index (κ1) is 7.98. The smallest absolute Gasteiger partial charge is 0.0958 e. The minimum Gasteiger partial charge on any atom is -0.382 e. The van der Waals surface area contributed by atoms with Gasteiger partial charge in [-0.25, -0.2) is 0 Å². The van der Waals surface area contributed by atoms with Gasteiger partial charge in [-0.2, -0.15) is 0 Å². The van der Waals surface area contributed by atoms with Crippen LogP contribution in [0.15, 0.2) is 0 Å². The zero-order valence-corrected chi connectivity index (χ0v) is 6.38. The molecular weight excluding hydrogens is 130 g/mol. The third-order valence-electron chi connectivity index (χ3n) is 1.82. The van der Waals surface area contributed by atoms with Crippen molar-refractivity contribution >= 4 is 0 Å². The van der Waals surface area contributed by atoms with E-state index in [0.29, 0.717) is 6.61 Å². The molecule has 3 heteroatoms. The highest BCUT2D eigenvalue weighted by atomic mass is 16.5. The molecule has 3 nitrogen and oxygen atoms in total. The number of methoxy groups -OCH3 is 1. The van der Waals surface area contributed by atoms with Crippen LogP contribution < -0.4 is 5.73 Å². The van der Waals surface area contributed by atoms with Crippen LogP contribution in [0.2, 0.25) is 0 Å². The minimum absolute atomic E-state index is 0.124. The van der Waals surface area contributed by atoms with Crippen molar-refractivity contribution in [2.75, 3.05) is 20.3 Å². The van der Waals surface area contributed by atoms with E-state index < -0.39 is 0 Å². The lowest BCUT2D eigenvalue weighted by Gasteiger charge is -2.28. The molecule has 0 aromatic carbocycles. The summed E-state index contributed by atoms with van der Waals surface area (Å²) in [5.74, 6) is 0. The minimum atomic E-state index is 0.124. The lowest BCUT2D eigenvalue weighted by Crippen LogP contribution is -2.43. The normalized spacial score (nSPS) is 34.2. The van der Waals surface area contributed by atoms with Gasteiger partial charge in [-0.15, -0.1) is 0 Å². The Morgan fingerprint density at radius 3 is 3.10 bits per heavy atom. The van der Waals surface area contributed by atoms with Gasteiger partial charge in [0.25, 0.3) is 0 Å². The standard InChI is InChI=1S/C7H15NO2/c1-9-5-7-6(8)3-2-4-10-7/h6-7H,2-5,8H2,1H3/t6-,7-/m1/s1. The number of hydrogen-bond donors (Lipinski definition) is 1. The maximum Gasteiger partial charge on any atom is 0.0958 e. The molecule has 1 rings (SSSR count). The molecule has 0 spiro atoms. The Labute approximate surface area is 61.5 Å². The molecule has 0 amide bonds. The highest BCUT2D eigenvalue weighted by Gasteiger charge is 2.21. The summed E-state index contributed by atoms with van der Waals surface area (Å²) in [7, 11) is 1.67. The molecule has 0 radical (unpaired) electrons. The zero-order valence-electron chi connectivity index (χ0n) is 6.38. The monoisotopic (exact) mass is 145 g/mol. The van der Waals surface area contributed by atoms with Gasteiger partial charge < -0.3 is 15.2 Å². The molecule has 1 aliphatic heterocycles. The molecular formula is C7H15NO2. The predicted molar refractivity (Wildman–Crippen MR) is 38.8 cm³/mol. The van der Waals surface area contributed by atoms with Crippen molar-refractivity contribution in [2.45, 2.75) is 25.0 Å². The van der Waals surface area contributed by atoms with Crippen LogP contribution in [0.1, 0.15) is 12.8 Å². The van der Waals surface area contributed by atoms with Crippen LogP contribution in [0.3, 0.4) is 0 Å². The summed E-state index contributed by atoms with van der Waals surface area (Å²) in [4.78, 5) is 0.